The molecule has 0 aliphatic heterocycles. The third-order valence-corrected chi connectivity index (χ3v) is 1.47. The van der Waals surface area contributed by atoms with Crippen LogP contribution in [0.2, 0.25) is 0 Å². The molecule has 0 unspecified atom stereocenters. The molecule has 1 aromatic rings. The summed E-state index contributed by atoms with van der Waals surface area (Å²) in [6.07, 6.45) is -3.65. The van der Waals surface area contributed by atoms with Crippen LogP contribution in [0.4, 0.5) is 13.2 Å². The normalized spacial score (nSPS) is 14.7. The third-order valence-electron chi connectivity index (χ3n) is 1.47. The lowest BCUT2D eigenvalue weighted by atomic mass is 10.1. The maximum atomic E-state index is 11.8. The summed E-state index contributed by atoms with van der Waals surface area (Å²) in [5.74, 6) is 0. The fourth-order valence-corrected chi connectivity index (χ4v) is 0.934. The lowest BCUT2D eigenvalue weighted by Crippen LogP contribution is -2.20. The molecular weight excluding hydrogens is 169 g/mol. The molecule has 0 spiro atoms. The number of hydrogen-bond donors (Lipinski definition) is 2. The van der Waals surface area contributed by atoms with Gasteiger partial charge in [-0.1, -0.05) is 0 Å². The predicted octanol–water partition coefficient (Wildman–Crippen LogP) is 1.97. The van der Waals surface area contributed by atoms with E-state index in [0.29, 0.717) is 5.69 Å². The van der Waals surface area contributed by atoms with E-state index in [0.717, 1.165) is 0 Å². The van der Waals surface area contributed by atoms with Crippen LogP contribution in [0.15, 0.2) is 18.3 Å². The Kier molecular flexibility index (Phi) is 2.42. The molecule has 68 valence electrons. The Morgan fingerprint density at radius 1 is 1.50 bits per heavy atom. The summed E-state index contributed by atoms with van der Waals surface area (Å²) in [7, 11) is 0. The van der Waals surface area contributed by atoms with Crippen molar-refractivity contribution in [3.8, 4) is 0 Å². The molecule has 0 fully saturated rings. The highest BCUT2D eigenvalue weighted by Crippen LogP contribution is 2.26. The van der Waals surface area contributed by atoms with Gasteiger partial charge in [0.05, 0.1) is 12.5 Å². The lowest BCUT2D eigenvalue weighted by molar-refractivity contribution is -0.138. The van der Waals surface area contributed by atoms with Crippen LogP contribution in [0, 0.1) is 0 Å². The topological polar surface area (TPSA) is 41.8 Å². The van der Waals surface area contributed by atoms with Crippen LogP contribution in [0.1, 0.15) is 18.2 Å². The molecule has 1 rings (SSSR count). The molecule has 0 amide bonds. The summed E-state index contributed by atoms with van der Waals surface area (Å²) in [6, 6.07) is 2.17. The first-order valence-corrected chi connectivity index (χ1v) is 3.44. The first kappa shape index (κ1) is 9.12. The zero-order valence-electron chi connectivity index (χ0n) is 6.23. The van der Waals surface area contributed by atoms with Gasteiger partial charge in [0.2, 0.25) is 0 Å². The smallest absolute Gasteiger partial charge is 0.364 e. The van der Waals surface area contributed by atoms with Crippen molar-refractivity contribution in [3.63, 3.8) is 0 Å². The third kappa shape index (κ3) is 2.58. The van der Waals surface area contributed by atoms with Gasteiger partial charge in [-0.15, -0.1) is 0 Å². The minimum absolute atomic E-state index is 0.410. The number of alkyl halides is 3. The van der Waals surface area contributed by atoms with Crippen LogP contribution in [-0.4, -0.2) is 11.2 Å². The summed E-state index contributed by atoms with van der Waals surface area (Å²) in [6.45, 7) is 0. The van der Waals surface area contributed by atoms with E-state index in [9.17, 15) is 13.2 Å². The minimum Gasteiger partial charge on any atom is -0.364 e. The Balaban J connectivity index is 2.56. The first-order chi connectivity index (χ1) is 5.49. The fraction of sp³-hybridized carbons (Fsp3) is 0.429. The molecule has 5 heteroatoms. The number of rotatable bonds is 2. The SMILES string of the molecule is N[C@@H](CC(F)(F)F)c1ccc[nH]1. The second-order valence-corrected chi connectivity index (χ2v) is 2.55. The second kappa shape index (κ2) is 3.18. The highest BCUT2D eigenvalue weighted by molar-refractivity contribution is 5.08. The van der Waals surface area contributed by atoms with Crippen LogP contribution in [-0.2, 0) is 0 Å². The molecule has 1 aromatic heterocycles. The Bertz CT molecular complexity index is 227. The van der Waals surface area contributed by atoms with Gasteiger partial charge in [-0.25, -0.2) is 0 Å². The van der Waals surface area contributed by atoms with Gasteiger partial charge in [-0.2, -0.15) is 13.2 Å². The van der Waals surface area contributed by atoms with Gasteiger partial charge in [0.15, 0.2) is 0 Å². The van der Waals surface area contributed by atoms with E-state index < -0.39 is 18.6 Å². The van der Waals surface area contributed by atoms with E-state index in [2.05, 4.69) is 4.98 Å². The minimum atomic E-state index is -4.20. The molecule has 12 heavy (non-hydrogen) atoms. The molecule has 0 saturated heterocycles. The number of aromatic nitrogens is 1. The van der Waals surface area contributed by atoms with E-state index >= 15 is 0 Å². The summed E-state index contributed by atoms with van der Waals surface area (Å²) in [5.41, 5.74) is 5.68. The average Bonchev–Trinajstić information content (AvgIpc) is 2.32. The Labute approximate surface area is 67.6 Å². The number of halogens is 3. The zero-order valence-corrected chi connectivity index (χ0v) is 6.23. The Morgan fingerprint density at radius 2 is 2.17 bits per heavy atom. The van der Waals surface area contributed by atoms with Crippen LogP contribution in [0.5, 0.6) is 0 Å². The fourth-order valence-electron chi connectivity index (χ4n) is 0.934. The first-order valence-electron chi connectivity index (χ1n) is 3.44. The summed E-state index contributed by atoms with van der Waals surface area (Å²) in [4.78, 5) is 2.63. The quantitative estimate of drug-likeness (QED) is 0.714. The van der Waals surface area contributed by atoms with Crippen LogP contribution in [0.3, 0.4) is 0 Å². The number of nitrogens with two attached hydrogens (primary N) is 1. The van der Waals surface area contributed by atoms with Crippen molar-refractivity contribution in [1.29, 1.82) is 0 Å². The maximum Gasteiger partial charge on any atom is 0.390 e. The maximum absolute atomic E-state index is 11.8. The summed E-state index contributed by atoms with van der Waals surface area (Å²) in [5, 5.41) is 0. The largest absolute Gasteiger partial charge is 0.390 e. The second-order valence-electron chi connectivity index (χ2n) is 2.55. The molecule has 0 saturated carbocycles. The van der Waals surface area contributed by atoms with Gasteiger partial charge in [-0.05, 0) is 12.1 Å². The van der Waals surface area contributed by atoms with Crippen molar-refractivity contribution in [1.82, 2.24) is 4.98 Å². The van der Waals surface area contributed by atoms with Crippen molar-refractivity contribution in [3.05, 3.63) is 24.0 Å². The van der Waals surface area contributed by atoms with E-state index in [-0.39, 0.29) is 0 Å². The van der Waals surface area contributed by atoms with Crippen molar-refractivity contribution in [2.75, 3.05) is 0 Å². The summed E-state index contributed by atoms with van der Waals surface area (Å²) >= 11 is 0. The number of H-pyrrole nitrogens is 1. The van der Waals surface area contributed by atoms with E-state index in [1.807, 2.05) is 0 Å². The van der Waals surface area contributed by atoms with E-state index in [1.165, 1.54) is 6.07 Å². The van der Waals surface area contributed by atoms with Gasteiger partial charge in [0, 0.05) is 11.9 Å². The molecule has 1 heterocycles. The molecule has 0 aliphatic rings. The van der Waals surface area contributed by atoms with E-state index in [4.69, 9.17) is 5.73 Å². The Morgan fingerprint density at radius 3 is 2.58 bits per heavy atom. The predicted molar refractivity (Wildman–Crippen MR) is 38.4 cm³/mol. The van der Waals surface area contributed by atoms with Crippen LogP contribution < -0.4 is 5.73 Å². The van der Waals surface area contributed by atoms with Crippen molar-refractivity contribution < 1.29 is 13.2 Å². The lowest BCUT2D eigenvalue weighted by Gasteiger charge is -2.12. The number of nitrogens with one attached hydrogen (secondary N) is 1. The van der Waals surface area contributed by atoms with Crippen molar-refractivity contribution in [2.45, 2.75) is 18.6 Å². The number of aromatic amines is 1. The monoisotopic (exact) mass is 178 g/mol. The highest BCUT2D eigenvalue weighted by atomic mass is 19.4. The van der Waals surface area contributed by atoms with Gasteiger partial charge in [-0.3, -0.25) is 0 Å². The zero-order chi connectivity index (χ0) is 9.19. The van der Waals surface area contributed by atoms with Crippen LogP contribution >= 0.6 is 0 Å². The number of hydrogen-bond acceptors (Lipinski definition) is 1. The Hall–Kier alpha value is -0.970. The molecule has 0 aliphatic carbocycles. The molecule has 0 aromatic carbocycles. The molecule has 3 N–H and O–H groups in total. The van der Waals surface area contributed by atoms with Crippen LogP contribution in [0.25, 0.3) is 0 Å². The summed E-state index contributed by atoms with van der Waals surface area (Å²) < 4.78 is 35.4. The van der Waals surface area contributed by atoms with Gasteiger partial charge >= 0.3 is 6.18 Å². The van der Waals surface area contributed by atoms with E-state index in [1.54, 1.807) is 12.3 Å². The van der Waals surface area contributed by atoms with Crippen molar-refractivity contribution in [2.24, 2.45) is 5.73 Å². The molecule has 2 nitrogen and oxygen atoms in total. The molecular formula is C7H9F3N2. The highest BCUT2D eigenvalue weighted by Gasteiger charge is 2.31. The van der Waals surface area contributed by atoms with Gasteiger partial charge in [0.1, 0.15) is 0 Å². The average molecular weight is 178 g/mol. The van der Waals surface area contributed by atoms with Gasteiger partial charge < -0.3 is 10.7 Å². The van der Waals surface area contributed by atoms with Gasteiger partial charge in [0.25, 0.3) is 0 Å². The standard InChI is InChI=1S/C7H9F3N2/c8-7(9,10)4-5(11)6-2-1-3-12-6/h1-3,5,12H,4,11H2/t5-/m0/s1. The molecule has 0 radical (unpaired) electrons. The molecule has 1 atom stereocenters. The molecule has 0 bridgehead atoms. The van der Waals surface area contributed by atoms with Crippen molar-refractivity contribution >= 4 is 0 Å².